The molecule has 43 heavy (non-hydrogen) atoms. The summed E-state index contributed by atoms with van der Waals surface area (Å²) >= 11 is 0. The van der Waals surface area contributed by atoms with Crippen molar-refractivity contribution in [2.45, 2.75) is 123 Å². The quantitative estimate of drug-likeness (QED) is 0.246. The Hall–Kier alpha value is -2.93. The molecule has 0 fully saturated rings. The van der Waals surface area contributed by atoms with Crippen molar-refractivity contribution in [2.75, 3.05) is 0 Å². The predicted molar refractivity (Wildman–Crippen MR) is 172 cm³/mol. The van der Waals surface area contributed by atoms with Crippen molar-refractivity contribution in [1.82, 2.24) is 10.6 Å². The number of rotatable bonds is 12. The number of urea groups is 1. The molecule has 1 rings (SSSR count). The van der Waals surface area contributed by atoms with Crippen LogP contribution in [0.4, 0.5) is 4.79 Å². The number of carbonyl (C=O) groups excluding carboxylic acids is 5. The molecule has 0 aliphatic carbocycles. The Kier molecular flexibility index (Phi) is 18.3. The van der Waals surface area contributed by atoms with Gasteiger partial charge in [-0.3, -0.25) is 9.59 Å². The van der Waals surface area contributed by atoms with E-state index in [2.05, 4.69) is 10.6 Å². The molecular formula is C30H50N2O9S2. The molecule has 1 aromatic rings. The second-order valence-corrected chi connectivity index (χ2v) is 12.6. The summed E-state index contributed by atoms with van der Waals surface area (Å²) in [6, 6.07) is 5.81. The predicted octanol–water partition coefficient (Wildman–Crippen LogP) is 4.58. The Bertz CT molecular complexity index is 1050. The maximum Gasteiger partial charge on any atom is 0.329 e. The van der Waals surface area contributed by atoms with Crippen LogP contribution in [0.1, 0.15) is 93.6 Å². The topological polar surface area (TPSA) is 146 Å². The standard InChI is InChI=1S/C30H46N2O9.2H2S/c1-28(2,3)39-24(34)18-16-22(26(36)41-30(7,8)9)32-27(37)31-21(25(35)40-29(4,5)6)15-17-23(33)38-19-20-13-11-10-12-14-20;;/h10-14,21-22H,15-19H2,1-9H3,(H2,31,32,37);2*1H2/t21-,22-;;/m0../s1. The molecule has 0 unspecified atom stereocenters. The molecule has 13 heteroatoms. The highest BCUT2D eigenvalue weighted by Crippen LogP contribution is 2.15. The molecule has 0 bridgehead atoms. The Labute approximate surface area is 269 Å². The van der Waals surface area contributed by atoms with Gasteiger partial charge in [0.1, 0.15) is 35.5 Å². The van der Waals surface area contributed by atoms with E-state index >= 15 is 0 Å². The van der Waals surface area contributed by atoms with E-state index in [1.807, 2.05) is 30.3 Å². The summed E-state index contributed by atoms with van der Waals surface area (Å²) < 4.78 is 21.4. The van der Waals surface area contributed by atoms with Gasteiger partial charge in [-0.05, 0) is 80.7 Å². The van der Waals surface area contributed by atoms with Crippen molar-refractivity contribution >= 4 is 56.9 Å². The highest BCUT2D eigenvalue weighted by molar-refractivity contribution is 7.59. The van der Waals surface area contributed by atoms with Gasteiger partial charge in [-0.1, -0.05) is 30.3 Å². The Morgan fingerprint density at radius 1 is 0.628 bits per heavy atom. The largest absolute Gasteiger partial charge is 0.461 e. The van der Waals surface area contributed by atoms with Gasteiger partial charge in [0, 0.05) is 12.8 Å². The number of benzene rings is 1. The molecule has 2 N–H and O–H groups in total. The fourth-order valence-electron chi connectivity index (χ4n) is 3.33. The van der Waals surface area contributed by atoms with Crippen LogP contribution in [0.25, 0.3) is 0 Å². The molecule has 2 amide bonds. The van der Waals surface area contributed by atoms with Crippen LogP contribution in [0.2, 0.25) is 0 Å². The van der Waals surface area contributed by atoms with Gasteiger partial charge in [0.05, 0.1) is 0 Å². The summed E-state index contributed by atoms with van der Waals surface area (Å²) in [4.78, 5) is 63.3. The lowest BCUT2D eigenvalue weighted by Crippen LogP contribution is -2.53. The van der Waals surface area contributed by atoms with Crippen LogP contribution < -0.4 is 10.6 Å². The minimum absolute atomic E-state index is 0. The van der Waals surface area contributed by atoms with Crippen LogP contribution in [0, 0.1) is 0 Å². The van der Waals surface area contributed by atoms with Gasteiger partial charge in [-0.15, -0.1) is 0 Å². The van der Waals surface area contributed by atoms with Crippen LogP contribution in [-0.2, 0) is 44.7 Å². The van der Waals surface area contributed by atoms with Crippen LogP contribution in [-0.4, -0.2) is 58.8 Å². The van der Waals surface area contributed by atoms with Crippen LogP contribution >= 0.6 is 27.0 Å². The third kappa shape index (κ3) is 20.6. The highest BCUT2D eigenvalue weighted by atomic mass is 32.1. The Morgan fingerprint density at radius 2 is 1.02 bits per heavy atom. The first kappa shape index (κ1) is 42.2. The number of carbonyl (C=O) groups is 5. The number of hydrogen-bond acceptors (Lipinski definition) is 9. The van der Waals surface area contributed by atoms with Gasteiger partial charge in [-0.2, -0.15) is 27.0 Å². The van der Waals surface area contributed by atoms with Gasteiger partial charge in [0.2, 0.25) is 0 Å². The molecule has 1 aromatic carbocycles. The number of esters is 4. The lowest BCUT2D eigenvalue weighted by molar-refractivity contribution is -0.159. The third-order valence-corrected chi connectivity index (χ3v) is 4.93. The van der Waals surface area contributed by atoms with E-state index in [-0.39, 0.29) is 59.3 Å². The van der Waals surface area contributed by atoms with E-state index in [1.54, 1.807) is 62.3 Å². The first-order chi connectivity index (χ1) is 18.7. The molecule has 11 nitrogen and oxygen atoms in total. The molecule has 0 spiro atoms. The molecule has 0 aromatic heterocycles. The number of amides is 2. The summed E-state index contributed by atoms with van der Waals surface area (Å²) in [6.07, 6.45) is -0.541. The average Bonchev–Trinajstić information content (AvgIpc) is 2.80. The Morgan fingerprint density at radius 3 is 1.42 bits per heavy atom. The van der Waals surface area contributed by atoms with Crippen molar-refractivity contribution in [3.8, 4) is 0 Å². The fourth-order valence-corrected chi connectivity index (χ4v) is 3.33. The summed E-state index contributed by atoms with van der Waals surface area (Å²) in [5.41, 5.74) is -1.61. The van der Waals surface area contributed by atoms with Crippen molar-refractivity contribution in [1.29, 1.82) is 0 Å². The zero-order valence-corrected chi connectivity index (χ0v) is 28.8. The van der Waals surface area contributed by atoms with Crippen LogP contribution in [0.5, 0.6) is 0 Å². The van der Waals surface area contributed by atoms with Gasteiger partial charge >= 0.3 is 29.9 Å². The smallest absolute Gasteiger partial charge is 0.329 e. The van der Waals surface area contributed by atoms with Crippen molar-refractivity contribution in [3.63, 3.8) is 0 Å². The molecule has 0 aliphatic rings. The van der Waals surface area contributed by atoms with Gasteiger partial charge < -0.3 is 29.6 Å². The van der Waals surface area contributed by atoms with Crippen LogP contribution in [0.3, 0.4) is 0 Å². The molecule has 0 heterocycles. The molecule has 2 atom stereocenters. The zero-order valence-electron chi connectivity index (χ0n) is 26.8. The average molecular weight is 647 g/mol. The SMILES string of the molecule is CC(C)(C)OC(=O)CC[C@H](NC(=O)N[C@@H](CCC(=O)OCc1ccccc1)C(=O)OC(C)(C)C)C(=O)OC(C)(C)C.S.S. The lowest BCUT2D eigenvalue weighted by atomic mass is 10.1. The summed E-state index contributed by atoms with van der Waals surface area (Å²) in [5.74, 6) is -2.62. The van der Waals surface area contributed by atoms with Gasteiger partial charge in [0.15, 0.2) is 0 Å². The van der Waals surface area contributed by atoms with E-state index in [1.165, 1.54) is 0 Å². The first-order valence-electron chi connectivity index (χ1n) is 13.7. The van der Waals surface area contributed by atoms with E-state index < -0.39 is 58.8 Å². The maximum atomic E-state index is 13.0. The van der Waals surface area contributed by atoms with Gasteiger partial charge in [-0.25, -0.2) is 14.4 Å². The van der Waals surface area contributed by atoms with E-state index in [0.29, 0.717) is 0 Å². The molecule has 0 aliphatic heterocycles. The second-order valence-electron chi connectivity index (χ2n) is 12.6. The van der Waals surface area contributed by atoms with E-state index in [9.17, 15) is 24.0 Å². The third-order valence-electron chi connectivity index (χ3n) is 4.93. The fraction of sp³-hybridized carbons (Fsp3) is 0.633. The molecule has 0 saturated heterocycles. The molecular weight excluding hydrogens is 596 g/mol. The lowest BCUT2D eigenvalue weighted by Gasteiger charge is -2.27. The molecule has 0 saturated carbocycles. The maximum absolute atomic E-state index is 13.0. The van der Waals surface area contributed by atoms with Crippen molar-refractivity contribution < 1.29 is 42.9 Å². The summed E-state index contributed by atoms with van der Waals surface area (Å²) in [6.45, 7) is 15.3. The van der Waals surface area contributed by atoms with E-state index in [0.717, 1.165) is 5.56 Å². The second kappa shape index (κ2) is 18.7. The van der Waals surface area contributed by atoms with Crippen molar-refractivity contribution in [2.24, 2.45) is 0 Å². The van der Waals surface area contributed by atoms with Crippen LogP contribution in [0.15, 0.2) is 30.3 Å². The number of ether oxygens (including phenoxy) is 4. The normalized spacial score (nSPS) is 12.7. The van der Waals surface area contributed by atoms with Gasteiger partial charge in [0.25, 0.3) is 0 Å². The van der Waals surface area contributed by atoms with E-state index in [4.69, 9.17) is 18.9 Å². The summed E-state index contributed by atoms with van der Waals surface area (Å²) in [5, 5.41) is 4.97. The highest BCUT2D eigenvalue weighted by Gasteiger charge is 2.31. The van der Waals surface area contributed by atoms with Crippen molar-refractivity contribution in [3.05, 3.63) is 35.9 Å². The Balaban J connectivity index is 0. The number of nitrogens with one attached hydrogen (secondary N) is 2. The summed E-state index contributed by atoms with van der Waals surface area (Å²) in [7, 11) is 0. The molecule has 246 valence electrons. The molecule has 0 radical (unpaired) electrons. The first-order valence-corrected chi connectivity index (χ1v) is 13.7. The minimum atomic E-state index is -1.22. The number of hydrogen-bond donors (Lipinski definition) is 2. The minimum Gasteiger partial charge on any atom is -0.461 e. The monoisotopic (exact) mass is 646 g/mol. The zero-order chi connectivity index (χ0) is 31.4.